The van der Waals surface area contributed by atoms with Crippen LogP contribution < -0.4 is 15.8 Å². The van der Waals surface area contributed by atoms with Gasteiger partial charge in [-0.1, -0.05) is 12.1 Å². The van der Waals surface area contributed by atoms with E-state index in [1.165, 1.54) is 4.68 Å². The number of rotatable bonds is 2. The number of carbonyl (C=O) groups excluding carboxylic acids is 1. The highest BCUT2D eigenvalue weighted by Crippen LogP contribution is 2.36. The maximum absolute atomic E-state index is 11.6. The molecule has 6 nitrogen and oxygen atoms in total. The number of benzene rings is 1. The van der Waals surface area contributed by atoms with Crippen molar-refractivity contribution in [3.63, 3.8) is 0 Å². The number of nitrogens with two attached hydrogens (primary N) is 1. The van der Waals surface area contributed by atoms with Gasteiger partial charge in [0.05, 0.1) is 7.11 Å². The Morgan fingerprint density at radius 3 is 2.95 bits per heavy atom. The van der Waals surface area contributed by atoms with Gasteiger partial charge in [0.2, 0.25) is 0 Å². The number of nitrogens with one attached hydrogen (secondary N) is 1. The summed E-state index contributed by atoms with van der Waals surface area (Å²) in [6, 6.07) is 7.08. The van der Waals surface area contributed by atoms with Gasteiger partial charge in [0.1, 0.15) is 17.3 Å². The Labute approximate surface area is 122 Å². The normalized spacial score (nSPS) is 14.0. The lowest BCUT2D eigenvalue weighted by Gasteiger charge is -2.07. The lowest BCUT2D eigenvalue weighted by molar-refractivity contribution is 0.248. The summed E-state index contributed by atoms with van der Waals surface area (Å²) < 4.78 is 6.66. The first-order valence-electron chi connectivity index (χ1n) is 7.01. The summed E-state index contributed by atoms with van der Waals surface area (Å²) in [6.07, 6.45) is 2.97. The van der Waals surface area contributed by atoms with E-state index < -0.39 is 6.03 Å². The number of carbonyl (C=O) groups is 1. The maximum atomic E-state index is 11.6. The zero-order valence-corrected chi connectivity index (χ0v) is 11.9. The van der Waals surface area contributed by atoms with Crippen LogP contribution in [-0.4, -0.2) is 29.5 Å². The van der Waals surface area contributed by atoms with Crippen molar-refractivity contribution >= 4 is 11.8 Å². The summed E-state index contributed by atoms with van der Waals surface area (Å²) in [4.78, 5) is 11.6. The first-order valence-corrected chi connectivity index (χ1v) is 7.01. The third-order valence-electron chi connectivity index (χ3n) is 3.70. The number of anilines is 1. The fourth-order valence-corrected chi connectivity index (χ4v) is 2.72. The molecule has 1 aromatic heterocycles. The van der Waals surface area contributed by atoms with Crippen LogP contribution in [0, 0.1) is 0 Å². The molecule has 21 heavy (non-hydrogen) atoms. The molecule has 3 N–H and O–H groups in total. The standard InChI is InChI=1S/C15H18N4O2/c1-21-12-8-3-2-6-10(12)13-11-7-4-5-9-17-14(11)19(18-13)15(16)20/h2-3,6,8,17H,4-5,7,9H2,1H3,(H2,16,20). The van der Waals surface area contributed by atoms with E-state index >= 15 is 0 Å². The van der Waals surface area contributed by atoms with Gasteiger partial charge in [-0.25, -0.2) is 4.79 Å². The molecule has 0 radical (unpaired) electrons. The Morgan fingerprint density at radius 2 is 2.19 bits per heavy atom. The molecule has 0 bridgehead atoms. The first-order chi connectivity index (χ1) is 10.2. The van der Waals surface area contributed by atoms with Gasteiger partial charge >= 0.3 is 6.03 Å². The number of amides is 1. The Morgan fingerprint density at radius 1 is 1.38 bits per heavy atom. The molecule has 0 fully saturated rings. The molecule has 0 aliphatic carbocycles. The van der Waals surface area contributed by atoms with Crippen LogP contribution in [-0.2, 0) is 6.42 Å². The minimum Gasteiger partial charge on any atom is -0.496 e. The second-order valence-electron chi connectivity index (χ2n) is 5.01. The first kappa shape index (κ1) is 13.5. The highest BCUT2D eigenvalue weighted by Gasteiger charge is 2.24. The van der Waals surface area contributed by atoms with Crippen molar-refractivity contribution in [3.8, 4) is 17.0 Å². The van der Waals surface area contributed by atoms with Crippen molar-refractivity contribution in [1.82, 2.24) is 9.78 Å². The second-order valence-corrected chi connectivity index (χ2v) is 5.01. The molecule has 6 heteroatoms. The Kier molecular flexibility index (Phi) is 3.51. The van der Waals surface area contributed by atoms with E-state index in [1.807, 2.05) is 24.3 Å². The molecule has 110 valence electrons. The minimum absolute atomic E-state index is 0.582. The maximum Gasteiger partial charge on any atom is 0.341 e. The van der Waals surface area contributed by atoms with Crippen LogP contribution in [0.2, 0.25) is 0 Å². The van der Waals surface area contributed by atoms with Gasteiger partial charge in [-0.2, -0.15) is 9.78 Å². The smallest absolute Gasteiger partial charge is 0.341 e. The third kappa shape index (κ3) is 2.33. The number of fused-ring (bicyclic) bond motifs is 1. The van der Waals surface area contributed by atoms with Crippen molar-refractivity contribution in [2.24, 2.45) is 5.73 Å². The van der Waals surface area contributed by atoms with E-state index in [9.17, 15) is 4.79 Å². The van der Waals surface area contributed by atoms with Gasteiger partial charge in [0.25, 0.3) is 0 Å². The predicted molar refractivity (Wildman–Crippen MR) is 80.6 cm³/mol. The highest BCUT2D eigenvalue weighted by molar-refractivity contribution is 5.83. The average Bonchev–Trinajstić information content (AvgIpc) is 2.69. The van der Waals surface area contributed by atoms with Crippen LogP contribution >= 0.6 is 0 Å². The third-order valence-corrected chi connectivity index (χ3v) is 3.70. The van der Waals surface area contributed by atoms with Crippen LogP contribution in [0.5, 0.6) is 5.75 Å². The van der Waals surface area contributed by atoms with Crippen molar-refractivity contribution in [2.45, 2.75) is 19.3 Å². The quantitative estimate of drug-likeness (QED) is 0.887. The van der Waals surface area contributed by atoms with Gasteiger partial charge in [0.15, 0.2) is 0 Å². The van der Waals surface area contributed by atoms with E-state index in [2.05, 4.69) is 10.4 Å². The molecule has 3 rings (SSSR count). The van der Waals surface area contributed by atoms with Crippen LogP contribution in [0.15, 0.2) is 24.3 Å². The fraction of sp³-hybridized carbons (Fsp3) is 0.333. The van der Waals surface area contributed by atoms with E-state index in [0.717, 1.165) is 48.4 Å². The van der Waals surface area contributed by atoms with Crippen molar-refractivity contribution < 1.29 is 9.53 Å². The molecule has 2 heterocycles. The number of primary amides is 1. The monoisotopic (exact) mass is 286 g/mol. The Hall–Kier alpha value is -2.50. The summed E-state index contributed by atoms with van der Waals surface area (Å²) in [5, 5.41) is 7.67. The number of para-hydroxylation sites is 1. The summed E-state index contributed by atoms with van der Waals surface area (Å²) >= 11 is 0. The molecule has 2 aromatic rings. The van der Waals surface area contributed by atoms with Crippen LogP contribution in [0.25, 0.3) is 11.3 Å². The van der Waals surface area contributed by atoms with E-state index in [0.29, 0.717) is 5.82 Å². The molecule has 0 saturated heterocycles. The molecule has 1 aromatic carbocycles. The van der Waals surface area contributed by atoms with Gasteiger partial charge in [-0.05, 0) is 31.4 Å². The number of hydrogen-bond acceptors (Lipinski definition) is 4. The van der Waals surface area contributed by atoms with E-state index in [4.69, 9.17) is 10.5 Å². The molecule has 1 amide bonds. The molecular formula is C15H18N4O2. The van der Waals surface area contributed by atoms with Gasteiger partial charge < -0.3 is 15.8 Å². The number of methoxy groups -OCH3 is 1. The molecular weight excluding hydrogens is 268 g/mol. The minimum atomic E-state index is -0.582. The highest BCUT2D eigenvalue weighted by atomic mass is 16.5. The Balaban J connectivity index is 2.21. The van der Waals surface area contributed by atoms with Gasteiger partial charge in [-0.3, -0.25) is 0 Å². The summed E-state index contributed by atoms with van der Waals surface area (Å²) in [6.45, 7) is 0.817. The molecule has 0 unspecified atom stereocenters. The van der Waals surface area contributed by atoms with Gasteiger partial charge in [0, 0.05) is 17.7 Å². The molecule has 1 aliphatic heterocycles. The lowest BCUT2D eigenvalue weighted by Crippen LogP contribution is -2.23. The fourth-order valence-electron chi connectivity index (χ4n) is 2.72. The van der Waals surface area contributed by atoms with Crippen LogP contribution in [0.4, 0.5) is 10.6 Å². The largest absolute Gasteiger partial charge is 0.496 e. The van der Waals surface area contributed by atoms with Crippen molar-refractivity contribution in [2.75, 3.05) is 19.0 Å². The van der Waals surface area contributed by atoms with Crippen LogP contribution in [0.3, 0.4) is 0 Å². The Bertz CT molecular complexity index is 678. The number of ether oxygens (including phenoxy) is 1. The molecule has 0 saturated carbocycles. The molecule has 1 aliphatic rings. The zero-order valence-electron chi connectivity index (χ0n) is 11.9. The molecule has 0 atom stereocenters. The lowest BCUT2D eigenvalue weighted by atomic mass is 10.0. The van der Waals surface area contributed by atoms with E-state index in [1.54, 1.807) is 7.11 Å². The number of nitrogens with zero attached hydrogens (tertiary/aromatic N) is 2. The van der Waals surface area contributed by atoms with Crippen molar-refractivity contribution in [1.29, 1.82) is 0 Å². The SMILES string of the molecule is COc1ccccc1-c1nn(C(N)=O)c2c1CCCCN2. The van der Waals surface area contributed by atoms with Crippen LogP contribution in [0.1, 0.15) is 18.4 Å². The predicted octanol–water partition coefficient (Wildman–Crippen LogP) is 2.23. The van der Waals surface area contributed by atoms with Crippen molar-refractivity contribution in [3.05, 3.63) is 29.8 Å². The number of hydrogen-bond donors (Lipinski definition) is 2. The molecule has 0 spiro atoms. The summed E-state index contributed by atoms with van der Waals surface area (Å²) in [5.74, 6) is 1.44. The average molecular weight is 286 g/mol. The topological polar surface area (TPSA) is 82.2 Å². The number of aromatic nitrogens is 2. The summed E-state index contributed by atoms with van der Waals surface area (Å²) in [7, 11) is 1.63. The van der Waals surface area contributed by atoms with Gasteiger partial charge in [-0.15, -0.1) is 0 Å². The zero-order chi connectivity index (χ0) is 14.8. The van der Waals surface area contributed by atoms with E-state index in [-0.39, 0.29) is 0 Å². The summed E-state index contributed by atoms with van der Waals surface area (Å²) in [5.41, 5.74) is 8.10. The second kappa shape index (κ2) is 5.47.